The molecule has 2 N–H and O–H groups in total. The molecule has 6 nitrogen and oxygen atoms in total. The number of hydrogen-bond donors (Lipinski definition) is 1. The Morgan fingerprint density at radius 2 is 1.89 bits per heavy atom. The number of rotatable bonds is 3. The Hall–Kier alpha value is -3.67. The van der Waals surface area contributed by atoms with Gasteiger partial charge in [-0.1, -0.05) is 36.4 Å². The lowest BCUT2D eigenvalue weighted by atomic mass is 10.00. The fourth-order valence-corrected chi connectivity index (χ4v) is 3.73. The van der Waals surface area contributed by atoms with Crippen LogP contribution in [0, 0.1) is 6.92 Å². The molecule has 0 spiro atoms. The fraction of sp³-hybridized carbons (Fsp3) is 0.136. The Labute approximate surface area is 162 Å². The van der Waals surface area contributed by atoms with E-state index in [9.17, 15) is 0 Å². The van der Waals surface area contributed by atoms with Gasteiger partial charge in [0.1, 0.15) is 5.52 Å². The van der Waals surface area contributed by atoms with E-state index in [0.717, 1.165) is 22.2 Å². The van der Waals surface area contributed by atoms with Crippen LogP contribution in [0.25, 0.3) is 32.9 Å². The van der Waals surface area contributed by atoms with Crippen LogP contribution in [0.5, 0.6) is 0 Å². The molecule has 28 heavy (non-hydrogen) atoms. The van der Waals surface area contributed by atoms with Crippen LogP contribution >= 0.6 is 0 Å². The quantitative estimate of drug-likeness (QED) is 0.524. The van der Waals surface area contributed by atoms with Crippen molar-refractivity contribution in [1.29, 1.82) is 0 Å². The number of anilines is 1. The van der Waals surface area contributed by atoms with Crippen molar-refractivity contribution in [2.75, 3.05) is 5.73 Å². The van der Waals surface area contributed by atoms with Crippen LogP contribution in [-0.4, -0.2) is 24.5 Å². The number of fused-ring (bicyclic) bond motifs is 2. The Bertz CT molecular complexity index is 1330. The van der Waals surface area contributed by atoms with E-state index in [1.54, 1.807) is 4.68 Å². The van der Waals surface area contributed by atoms with Crippen molar-refractivity contribution >= 4 is 27.6 Å². The van der Waals surface area contributed by atoms with E-state index in [0.29, 0.717) is 12.4 Å². The summed E-state index contributed by atoms with van der Waals surface area (Å²) in [6.07, 6.45) is 5.63. The second-order valence-corrected chi connectivity index (χ2v) is 7.12. The second-order valence-electron chi connectivity index (χ2n) is 7.12. The SMILES string of the molecule is Cc1ccc2ccccc2c1Cn1nc(N)c2ncc(-c3cnn(C)c3)cc21. The molecule has 0 aliphatic carbocycles. The molecule has 138 valence electrons. The molecule has 0 unspecified atom stereocenters. The van der Waals surface area contributed by atoms with Crippen molar-refractivity contribution in [3.05, 3.63) is 72.2 Å². The fourth-order valence-electron chi connectivity index (χ4n) is 3.73. The second kappa shape index (κ2) is 6.20. The zero-order chi connectivity index (χ0) is 19.3. The highest BCUT2D eigenvalue weighted by Crippen LogP contribution is 2.28. The molecule has 0 bridgehead atoms. The smallest absolute Gasteiger partial charge is 0.172 e. The van der Waals surface area contributed by atoms with E-state index in [2.05, 4.69) is 64.6 Å². The summed E-state index contributed by atoms with van der Waals surface area (Å²) in [5, 5.41) is 11.3. The summed E-state index contributed by atoms with van der Waals surface area (Å²) in [6.45, 7) is 2.77. The van der Waals surface area contributed by atoms with E-state index < -0.39 is 0 Å². The molecule has 0 saturated carbocycles. The van der Waals surface area contributed by atoms with Crippen molar-refractivity contribution in [2.45, 2.75) is 13.5 Å². The lowest BCUT2D eigenvalue weighted by Crippen LogP contribution is -2.05. The van der Waals surface area contributed by atoms with Gasteiger partial charge in [0, 0.05) is 30.6 Å². The molecule has 0 radical (unpaired) electrons. The summed E-state index contributed by atoms with van der Waals surface area (Å²) in [5.74, 6) is 0.450. The molecule has 0 amide bonds. The van der Waals surface area contributed by atoms with Gasteiger partial charge < -0.3 is 5.73 Å². The molecule has 0 aliphatic heterocycles. The van der Waals surface area contributed by atoms with Gasteiger partial charge in [0.2, 0.25) is 0 Å². The van der Waals surface area contributed by atoms with Crippen molar-refractivity contribution in [1.82, 2.24) is 24.5 Å². The average Bonchev–Trinajstić information content (AvgIpc) is 3.27. The van der Waals surface area contributed by atoms with Crippen LogP contribution in [-0.2, 0) is 13.6 Å². The lowest BCUT2D eigenvalue weighted by molar-refractivity contribution is 0.716. The minimum atomic E-state index is 0.450. The van der Waals surface area contributed by atoms with Gasteiger partial charge in [0.15, 0.2) is 5.82 Å². The van der Waals surface area contributed by atoms with Crippen LogP contribution in [0.15, 0.2) is 61.1 Å². The summed E-state index contributed by atoms with van der Waals surface area (Å²) >= 11 is 0. The van der Waals surface area contributed by atoms with Crippen molar-refractivity contribution in [3.63, 3.8) is 0 Å². The first-order chi connectivity index (χ1) is 13.6. The number of pyridine rings is 1. The first kappa shape index (κ1) is 16.5. The van der Waals surface area contributed by atoms with Crippen molar-refractivity contribution < 1.29 is 0 Å². The van der Waals surface area contributed by atoms with Crippen LogP contribution in [0.3, 0.4) is 0 Å². The monoisotopic (exact) mass is 368 g/mol. The van der Waals surface area contributed by atoms with Crippen molar-refractivity contribution in [2.24, 2.45) is 7.05 Å². The Morgan fingerprint density at radius 3 is 2.71 bits per heavy atom. The Morgan fingerprint density at radius 1 is 1.04 bits per heavy atom. The Kier molecular flexibility index (Phi) is 3.65. The van der Waals surface area contributed by atoms with E-state index in [4.69, 9.17) is 5.73 Å². The van der Waals surface area contributed by atoms with E-state index >= 15 is 0 Å². The first-order valence-electron chi connectivity index (χ1n) is 9.18. The number of aryl methyl sites for hydroxylation is 2. The molecule has 3 aromatic heterocycles. The standard InChI is InChI=1S/C22H20N6/c1-14-7-8-15-5-3-4-6-18(15)19(14)13-28-20-9-16(17-11-25-27(2)12-17)10-24-21(20)22(23)26-28/h3-12H,13H2,1-2H3,(H2,23,26). The molecule has 0 atom stereocenters. The van der Waals surface area contributed by atoms with Gasteiger partial charge in [0.05, 0.1) is 18.3 Å². The summed E-state index contributed by atoms with van der Waals surface area (Å²) in [6, 6.07) is 14.8. The zero-order valence-corrected chi connectivity index (χ0v) is 15.8. The molecule has 0 fully saturated rings. The van der Waals surface area contributed by atoms with Crippen molar-refractivity contribution in [3.8, 4) is 11.1 Å². The third-order valence-electron chi connectivity index (χ3n) is 5.24. The lowest BCUT2D eigenvalue weighted by Gasteiger charge is -2.11. The topological polar surface area (TPSA) is 74.6 Å². The van der Waals surface area contributed by atoms with Crippen LogP contribution in [0.2, 0.25) is 0 Å². The number of hydrogen-bond acceptors (Lipinski definition) is 4. The van der Waals surface area contributed by atoms with Gasteiger partial charge in [-0.2, -0.15) is 10.2 Å². The summed E-state index contributed by atoms with van der Waals surface area (Å²) in [4.78, 5) is 4.57. The molecule has 0 saturated heterocycles. The number of nitrogen functional groups attached to an aromatic ring is 1. The summed E-state index contributed by atoms with van der Waals surface area (Å²) < 4.78 is 3.73. The number of nitrogens with zero attached hydrogens (tertiary/aromatic N) is 5. The highest BCUT2D eigenvalue weighted by atomic mass is 15.3. The predicted molar refractivity (Wildman–Crippen MR) is 112 cm³/mol. The summed E-state index contributed by atoms with van der Waals surface area (Å²) in [7, 11) is 1.90. The minimum Gasteiger partial charge on any atom is -0.380 e. The number of benzene rings is 2. The van der Waals surface area contributed by atoms with Gasteiger partial charge in [0.25, 0.3) is 0 Å². The normalized spacial score (nSPS) is 11.5. The molecule has 3 heterocycles. The number of nitrogens with two attached hydrogens (primary N) is 1. The van der Waals surface area contributed by atoms with Crippen LogP contribution in [0.1, 0.15) is 11.1 Å². The molecule has 2 aromatic carbocycles. The van der Waals surface area contributed by atoms with Gasteiger partial charge >= 0.3 is 0 Å². The molecule has 5 rings (SSSR count). The van der Waals surface area contributed by atoms with Gasteiger partial charge in [-0.3, -0.25) is 14.3 Å². The Balaban J connectivity index is 1.66. The highest BCUT2D eigenvalue weighted by molar-refractivity contribution is 5.89. The molecule has 5 aromatic rings. The van der Waals surface area contributed by atoms with E-state index in [-0.39, 0.29) is 0 Å². The molecule has 0 aliphatic rings. The van der Waals surface area contributed by atoms with Gasteiger partial charge in [-0.05, 0) is 34.9 Å². The minimum absolute atomic E-state index is 0.450. The third-order valence-corrected chi connectivity index (χ3v) is 5.24. The molecular formula is C22H20N6. The number of aromatic nitrogens is 5. The molecular weight excluding hydrogens is 348 g/mol. The largest absolute Gasteiger partial charge is 0.380 e. The van der Waals surface area contributed by atoms with Crippen LogP contribution < -0.4 is 5.73 Å². The maximum Gasteiger partial charge on any atom is 0.172 e. The highest BCUT2D eigenvalue weighted by Gasteiger charge is 2.14. The third kappa shape index (κ3) is 2.62. The zero-order valence-electron chi connectivity index (χ0n) is 15.8. The predicted octanol–water partition coefficient (Wildman–Crippen LogP) is 3.92. The first-order valence-corrected chi connectivity index (χ1v) is 9.18. The van der Waals surface area contributed by atoms with E-state index in [1.807, 2.05) is 30.3 Å². The van der Waals surface area contributed by atoms with Crippen LogP contribution in [0.4, 0.5) is 5.82 Å². The average molecular weight is 368 g/mol. The van der Waals surface area contributed by atoms with E-state index in [1.165, 1.54) is 21.9 Å². The summed E-state index contributed by atoms with van der Waals surface area (Å²) in [5.41, 5.74) is 12.3. The molecule has 6 heteroatoms. The maximum absolute atomic E-state index is 6.16. The maximum atomic E-state index is 6.16. The van der Waals surface area contributed by atoms with Gasteiger partial charge in [-0.15, -0.1) is 0 Å². The van der Waals surface area contributed by atoms with Gasteiger partial charge in [-0.25, -0.2) is 0 Å².